The first-order valence-electron chi connectivity index (χ1n) is 6.24. The van der Waals surface area contributed by atoms with Crippen molar-refractivity contribution in [3.63, 3.8) is 0 Å². The third kappa shape index (κ3) is 3.29. The first-order valence-corrected chi connectivity index (χ1v) is 6.24. The van der Waals surface area contributed by atoms with E-state index in [4.69, 9.17) is 0 Å². The Kier molecular flexibility index (Phi) is 3.92. The second-order valence-corrected chi connectivity index (χ2v) is 4.65. The summed E-state index contributed by atoms with van der Waals surface area (Å²) in [6.07, 6.45) is 4.52. The van der Waals surface area contributed by atoms with Gasteiger partial charge < -0.3 is 5.32 Å². The van der Waals surface area contributed by atoms with Crippen molar-refractivity contribution >= 4 is 5.82 Å². The summed E-state index contributed by atoms with van der Waals surface area (Å²) in [6.45, 7) is 7.11. The molecule has 0 aliphatic rings. The molecule has 94 valence electrons. The van der Waals surface area contributed by atoms with Gasteiger partial charge in [0.1, 0.15) is 5.82 Å². The predicted molar refractivity (Wildman–Crippen MR) is 74.9 cm³/mol. The van der Waals surface area contributed by atoms with Gasteiger partial charge in [-0.1, -0.05) is 23.8 Å². The van der Waals surface area contributed by atoms with Crippen molar-refractivity contribution in [3.8, 4) is 0 Å². The van der Waals surface area contributed by atoms with Gasteiger partial charge in [0.05, 0.1) is 11.9 Å². The lowest BCUT2D eigenvalue weighted by atomic mass is 10.0. The number of benzene rings is 1. The SMILES string of the molecule is Cc1ccc(CCNc2cncc(C)n2)c(C)c1. The van der Waals surface area contributed by atoms with Crippen LogP contribution in [0.3, 0.4) is 0 Å². The summed E-state index contributed by atoms with van der Waals surface area (Å²) in [4.78, 5) is 8.48. The van der Waals surface area contributed by atoms with E-state index < -0.39 is 0 Å². The molecule has 0 unspecified atom stereocenters. The van der Waals surface area contributed by atoms with Gasteiger partial charge in [0.25, 0.3) is 0 Å². The predicted octanol–water partition coefficient (Wildman–Crippen LogP) is 3.06. The Labute approximate surface area is 108 Å². The maximum Gasteiger partial charge on any atom is 0.144 e. The van der Waals surface area contributed by atoms with E-state index >= 15 is 0 Å². The molecule has 1 aromatic heterocycles. The average molecular weight is 241 g/mol. The number of aromatic nitrogens is 2. The minimum absolute atomic E-state index is 0.847. The van der Waals surface area contributed by atoms with Gasteiger partial charge in [0.15, 0.2) is 0 Å². The van der Waals surface area contributed by atoms with Gasteiger partial charge in [-0.05, 0) is 38.3 Å². The molecule has 0 aliphatic heterocycles. The van der Waals surface area contributed by atoms with Crippen molar-refractivity contribution in [1.82, 2.24) is 9.97 Å². The van der Waals surface area contributed by atoms with Crippen LogP contribution >= 0.6 is 0 Å². The number of nitrogens with zero attached hydrogens (tertiary/aromatic N) is 2. The Bertz CT molecular complexity index is 535. The zero-order valence-electron chi connectivity index (χ0n) is 11.2. The van der Waals surface area contributed by atoms with E-state index in [1.54, 1.807) is 12.4 Å². The van der Waals surface area contributed by atoms with Gasteiger partial charge in [-0.2, -0.15) is 0 Å². The van der Waals surface area contributed by atoms with Crippen LogP contribution < -0.4 is 5.32 Å². The molecule has 0 saturated carbocycles. The molecule has 0 saturated heterocycles. The van der Waals surface area contributed by atoms with E-state index in [2.05, 4.69) is 47.3 Å². The van der Waals surface area contributed by atoms with Crippen LogP contribution in [0.4, 0.5) is 5.82 Å². The van der Waals surface area contributed by atoms with Crippen molar-refractivity contribution < 1.29 is 0 Å². The Balaban J connectivity index is 1.92. The normalized spacial score (nSPS) is 10.4. The van der Waals surface area contributed by atoms with Crippen molar-refractivity contribution in [1.29, 1.82) is 0 Å². The van der Waals surface area contributed by atoms with Crippen LogP contribution in [0.1, 0.15) is 22.4 Å². The molecule has 0 radical (unpaired) electrons. The standard InChI is InChI=1S/C15H19N3/c1-11-4-5-14(12(2)8-11)6-7-17-15-10-16-9-13(3)18-15/h4-5,8-10H,6-7H2,1-3H3,(H,17,18). The zero-order chi connectivity index (χ0) is 13.0. The lowest BCUT2D eigenvalue weighted by molar-refractivity contribution is 0.979. The fraction of sp³-hybridized carbons (Fsp3) is 0.333. The molecule has 2 aromatic rings. The summed E-state index contributed by atoms with van der Waals surface area (Å²) in [5.74, 6) is 0.847. The second kappa shape index (κ2) is 5.63. The molecule has 18 heavy (non-hydrogen) atoms. The Morgan fingerprint density at radius 1 is 1.11 bits per heavy atom. The van der Waals surface area contributed by atoms with Crippen LogP contribution in [0.5, 0.6) is 0 Å². The van der Waals surface area contributed by atoms with Crippen LogP contribution in [-0.2, 0) is 6.42 Å². The third-order valence-electron chi connectivity index (χ3n) is 2.95. The number of aryl methyl sites for hydroxylation is 3. The van der Waals surface area contributed by atoms with Crippen molar-refractivity contribution in [3.05, 3.63) is 53.0 Å². The lowest BCUT2D eigenvalue weighted by Crippen LogP contribution is -2.08. The molecule has 2 rings (SSSR count). The average Bonchev–Trinajstić information content (AvgIpc) is 2.32. The number of rotatable bonds is 4. The molecule has 0 fully saturated rings. The third-order valence-corrected chi connectivity index (χ3v) is 2.95. The highest BCUT2D eigenvalue weighted by Gasteiger charge is 1.99. The number of hydrogen-bond donors (Lipinski definition) is 1. The molecule has 0 spiro atoms. The summed E-state index contributed by atoms with van der Waals surface area (Å²) >= 11 is 0. The second-order valence-electron chi connectivity index (χ2n) is 4.65. The maximum absolute atomic E-state index is 4.37. The minimum atomic E-state index is 0.847. The first-order chi connectivity index (χ1) is 8.65. The van der Waals surface area contributed by atoms with Gasteiger partial charge >= 0.3 is 0 Å². The number of hydrogen-bond acceptors (Lipinski definition) is 3. The van der Waals surface area contributed by atoms with Crippen molar-refractivity contribution in [2.45, 2.75) is 27.2 Å². The molecule has 0 amide bonds. The van der Waals surface area contributed by atoms with Crippen LogP contribution in [0.15, 0.2) is 30.6 Å². The van der Waals surface area contributed by atoms with E-state index in [-0.39, 0.29) is 0 Å². The Morgan fingerprint density at radius 3 is 2.67 bits per heavy atom. The minimum Gasteiger partial charge on any atom is -0.368 e. The molecule has 3 nitrogen and oxygen atoms in total. The van der Waals surface area contributed by atoms with Crippen molar-refractivity contribution in [2.75, 3.05) is 11.9 Å². The van der Waals surface area contributed by atoms with Crippen LogP contribution in [0, 0.1) is 20.8 Å². The zero-order valence-corrected chi connectivity index (χ0v) is 11.2. The maximum atomic E-state index is 4.37. The molecule has 1 aromatic carbocycles. The Morgan fingerprint density at radius 2 is 1.94 bits per heavy atom. The molecular weight excluding hydrogens is 222 g/mol. The monoisotopic (exact) mass is 241 g/mol. The van der Waals surface area contributed by atoms with Crippen LogP contribution in [-0.4, -0.2) is 16.5 Å². The number of anilines is 1. The van der Waals surface area contributed by atoms with Gasteiger partial charge in [-0.25, -0.2) is 4.98 Å². The highest BCUT2D eigenvalue weighted by molar-refractivity contribution is 5.34. The summed E-state index contributed by atoms with van der Waals surface area (Å²) < 4.78 is 0. The van der Waals surface area contributed by atoms with Gasteiger partial charge in [-0.15, -0.1) is 0 Å². The molecule has 0 aliphatic carbocycles. The summed E-state index contributed by atoms with van der Waals surface area (Å²) in [5.41, 5.74) is 4.99. The quantitative estimate of drug-likeness (QED) is 0.894. The van der Waals surface area contributed by atoms with Gasteiger partial charge in [-0.3, -0.25) is 4.98 Å². The largest absolute Gasteiger partial charge is 0.368 e. The van der Waals surface area contributed by atoms with E-state index in [1.807, 2.05) is 6.92 Å². The van der Waals surface area contributed by atoms with Gasteiger partial charge in [0.2, 0.25) is 0 Å². The molecule has 1 heterocycles. The van der Waals surface area contributed by atoms with Crippen molar-refractivity contribution in [2.24, 2.45) is 0 Å². The fourth-order valence-corrected chi connectivity index (χ4v) is 2.00. The van der Waals surface area contributed by atoms with Crippen LogP contribution in [0.2, 0.25) is 0 Å². The summed E-state index contributed by atoms with van der Waals surface area (Å²) in [7, 11) is 0. The van der Waals surface area contributed by atoms with E-state index in [1.165, 1.54) is 16.7 Å². The highest BCUT2D eigenvalue weighted by atomic mass is 15.0. The first kappa shape index (κ1) is 12.6. The molecule has 0 atom stereocenters. The smallest absolute Gasteiger partial charge is 0.144 e. The highest BCUT2D eigenvalue weighted by Crippen LogP contribution is 2.11. The Hall–Kier alpha value is -1.90. The number of nitrogens with one attached hydrogen (secondary N) is 1. The lowest BCUT2D eigenvalue weighted by Gasteiger charge is -2.08. The summed E-state index contributed by atoms with van der Waals surface area (Å²) in [5, 5.41) is 3.30. The topological polar surface area (TPSA) is 37.8 Å². The molecule has 1 N–H and O–H groups in total. The van der Waals surface area contributed by atoms with Crippen LogP contribution in [0.25, 0.3) is 0 Å². The van der Waals surface area contributed by atoms with E-state index in [9.17, 15) is 0 Å². The molecule has 0 bridgehead atoms. The molecule has 3 heteroatoms. The summed E-state index contributed by atoms with van der Waals surface area (Å²) in [6, 6.07) is 6.59. The van der Waals surface area contributed by atoms with Gasteiger partial charge in [0, 0.05) is 12.7 Å². The molecular formula is C15H19N3. The van der Waals surface area contributed by atoms with E-state index in [0.717, 1.165) is 24.5 Å². The van der Waals surface area contributed by atoms with E-state index in [0.29, 0.717) is 0 Å². The fourth-order valence-electron chi connectivity index (χ4n) is 2.00.